The highest BCUT2D eigenvalue weighted by Gasteiger charge is 2.23. The molecule has 2 heterocycles. The van der Waals surface area contributed by atoms with Crippen LogP contribution in [0.2, 0.25) is 0 Å². The molecule has 1 unspecified atom stereocenters. The molecule has 2 rings (SSSR count). The summed E-state index contributed by atoms with van der Waals surface area (Å²) in [5.41, 5.74) is -0.00821. The van der Waals surface area contributed by atoms with E-state index < -0.39 is 10.0 Å². The minimum atomic E-state index is -3.36. The minimum absolute atomic E-state index is 0.00821. The standard InChI is InChI=1S/C14H24N2O2S2/c1-14(2,3)12-6-7-13(19-12)20(17,18)16-10-11-5-4-8-15-9-11/h6-7,11,15-16H,4-5,8-10H2,1-3H3. The fraction of sp³-hybridized carbons (Fsp3) is 0.714. The summed E-state index contributed by atoms with van der Waals surface area (Å²) in [5.74, 6) is 0.403. The van der Waals surface area contributed by atoms with E-state index in [2.05, 4.69) is 30.8 Å². The summed E-state index contributed by atoms with van der Waals surface area (Å²) < 4.78 is 27.8. The highest BCUT2D eigenvalue weighted by Crippen LogP contribution is 2.31. The van der Waals surface area contributed by atoms with Crippen molar-refractivity contribution < 1.29 is 8.42 Å². The van der Waals surface area contributed by atoms with E-state index in [4.69, 9.17) is 0 Å². The second kappa shape index (κ2) is 6.13. The topological polar surface area (TPSA) is 58.2 Å². The molecule has 0 bridgehead atoms. The molecule has 0 amide bonds. The Kier molecular flexibility index (Phi) is 4.89. The van der Waals surface area contributed by atoms with Gasteiger partial charge in [-0.1, -0.05) is 20.8 Å². The zero-order chi connectivity index (χ0) is 14.8. The second-order valence-corrected chi connectivity index (χ2v) is 9.51. The summed E-state index contributed by atoms with van der Waals surface area (Å²) in [5, 5.41) is 3.30. The fourth-order valence-electron chi connectivity index (χ4n) is 2.26. The average molecular weight is 316 g/mol. The summed E-state index contributed by atoms with van der Waals surface area (Å²) in [7, 11) is -3.36. The third kappa shape index (κ3) is 4.04. The van der Waals surface area contributed by atoms with Crippen LogP contribution in [0.4, 0.5) is 0 Å². The Balaban J connectivity index is 2.01. The molecule has 0 aliphatic carbocycles. The molecule has 6 heteroatoms. The van der Waals surface area contributed by atoms with Crippen molar-refractivity contribution in [2.24, 2.45) is 5.92 Å². The van der Waals surface area contributed by atoms with Crippen LogP contribution in [0.15, 0.2) is 16.3 Å². The molecule has 1 aromatic rings. The highest BCUT2D eigenvalue weighted by atomic mass is 32.2. The lowest BCUT2D eigenvalue weighted by molar-refractivity contribution is 0.376. The van der Waals surface area contributed by atoms with Crippen molar-refractivity contribution >= 4 is 21.4 Å². The molecule has 20 heavy (non-hydrogen) atoms. The Morgan fingerprint density at radius 1 is 1.40 bits per heavy atom. The van der Waals surface area contributed by atoms with Crippen LogP contribution in [0.3, 0.4) is 0 Å². The van der Waals surface area contributed by atoms with Gasteiger partial charge in [0.2, 0.25) is 10.0 Å². The predicted octanol–water partition coefficient (Wildman–Crippen LogP) is 2.32. The first kappa shape index (κ1) is 15.9. The molecule has 1 saturated heterocycles. The Labute approximate surface area is 126 Å². The van der Waals surface area contributed by atoms with E-state index in [1.807, 2.05) is 6.07 Å². The molecule has 114 valence electrons. The van der Waals surface area contributed by atoms with Gasteiger partial charge in [0.1, 0.15) is 4.21 Å². The van der Waals surface area contributed by atoms with Gasteiger partial charge in [0.25, 0.3) is 0 Å². The Bertz CT molecular complexity index is 538. The van der Waals surface area contributed by atoms with Gasteiger partial charge in [-0.25, -0.2) is 13.1 Å². The Morgan fingerprint density at radius 3 is 2.70 bits per heavy atom. The number of nitrogens with one attached hydrogen (secondary N) is 2. The van der Waals surface area contributed by atoms with E-state index in [0.717, 1.165) is 30.8 Å². The molecule has 1 fully saturated rings. The molecule has 2 N–H and O–H groups in total. The van der Waals surface area contributed by atoms with Crippen LogP contribution < -0.4 is 10.0 Å². The molecule has 1 aliphatic heterocycles. The van der Waals surface area contributed by atoms with Crippen molar-refractivity contribution in [2.45, 2.75) is 43.2 Å². The van der Waals surface area contributed by atoms with Gasteiger partial charge in [0, 0.05) is 11.4 Å². The number of thiophene rings is 1. The van der Waals surface area contributed by atoms with Gasteiger partial charge in [-0.3, -0.25) is 0 Å². The van der Waals surface area contributed by atoms with Crippen molar-refractivity contribution in [3.8, 4) is 0 Å². The van der Waals surface area contributed by atoms with Crippen LogP contribution in [0.25, 0.3) is 0 Å². The molecule has 1 aromatic heterocycles. The smallest absolute Gasteiger partial charge is 0.250 e. The maximum atomic E-state index is 12.3. The summed E-state index contributed by atoms with van der Waals surface area (Å²) in [6, 6.07) is 3.63. The molecule has 0 spiro atoms. The first-order chi connectivity index (χ1) is 9.29. The maximum absolute atomic E-state index is 12.3. The van der Waals surface area contributed by atoms with Crippen LogP contribution in [-0.2, 0) is 15.4 Å². The van der Waals surface area contributed by atoms with Gasteiger partial charge in [0.05, 0.1) is 0 Å². The van der Waals surface area contributed by atoms with E-state index in [9.17, 15) is 8.42 Å². The summed E-state index contributed by atoms with van der Waals surface area (Å²) in [4.78, 5) is 1.09. The minimum Gasteiger partial charge on any atom is -0.316 e. The van der Waals surface area contributed by atoms with Crippen LogP contribution >= 0.6 is 11.3 Å². The average Bonchev–Trinajstić information content (AvgIpc) is 2.88. The third-order valence-electron chi connectivity index (χ3n) is 3.55. The van der Waals surface area contributed by atoms with Crippen molar-refractivity contribution in [2.75, 3.05) is 19.6 Å². The van der Waals surface area contributed by atoms with E-state index >= 15 is 0 Å². The normalized spacial score (nSPS) is 21.1. The van der Waals surface area contributed by atoms with Crippen LogP contribution in [-0.4, -0.2) is 28.1 Å². The molecule has 1 atom stereocenters. The van der Waals surface area contributed by atoms with Gasteiger partial charge in [-0.15, -0.1) is 11.3 Å². The SMILES string of the molecule is CC(C)(C)c1ccc(S(=O)(=O)NCC2CCCNC2)s1. The predicted molar refractivity (Wildman–Crippen MR) is 83.8 cm³/mol. The third-order valence-corrected chi connectivity index (χ3v) is 6.97. The van der Waals surface area contributed by atoms with Crippen LogP contribution in [0.1, 0.15) is 38.5 Å². The first-order valence-corrected chi connectivity index (χ1v) is 9.40. The van der Waals surface area contributed by atoms with E-state index in [0.29, 0.717) is 16.7 Å². The van der Waals surface area contributed by atoms with Crippen molar-refractivity contribution in [3.63, 3.8) is 0 Å². The Hall–Kier alpha value is -0.430. The molecule has 4 nitrogen and oxygen atoms in total. The monoisotopic (exact) mass is 316 g/mol. The van der Waals surface area contributed by atoms with Crippen molar-refractivity contribution in [1.29, 1.82) is 0 Å². The summed E-state index contributed by atoms with van der Waals surface area (Å²) in [6.07, 6.45) is 2.22. The van der Waals surface area contributed by atoms with E-state index in [-0.39, 0.29) is 5.41 Å². The zero-order valence-corrected chi connectivity index (χ0v) is 14.0. The second-order valence-electron chi connectivity index (χ2n) is 6.43. The molecular weight excluding hydrogens is 292 g/mol. The fourth-order valence-corrected chi connectivity index (χ4v) is 4.79. The van der Waals surface area contributed by atoms with Crippen LogP contribution in [0.5, 0.6) is 0 Å². The maximum Gasteiger partial charge on any atom is 0.250 e. The lowest BCUT2D eigenvalue weighted by Crippen LogP contribution is -2.37. The van der Waals surface area contributed by atoms with Crippen molar-refractivity contribution in [3.05, 3.63) is 17.0 Å². The zero-order valence-electron chi connectivity index (χ0n) is 12.4. The van der Waals surface area contributed by atoms with Gasteiger partial charge >= 0.3 is 0 Å². The highest BCUT2D eigenvalue weighted by molar-refractivity contribution is 7.91. The van der Waals surface area contributed by atoms with Gasteiger partial charge in [-0.05, 0) is 49.4 Å². The number of hydrogen-bond donors (Lipinski definition) is 2. The summed E-state index contributed by atoms with van der Waals surface area (Å²) >= 11 is 1.37. The van der Waals surface area contributed by atoms with Crippen molar-refractivity contribution in [1.82, 2.24) is 10.0 Å². The lowest BCUT2D eigenvalue weighted by Gasteiger charge is -2.22. The Morgan fingerprint density at radius 2 is 2.15 bits per heavy atom. The number of hydrogen-bond acceptors (Lipinski definition) is 4. The molecule has 0 saturated carbocycles. The number of piperidine rings is 1. The van der Waals surface area contributed by atoms with Gasteiger partial charge < -0.3 is 5.32 Å². The first-order valence-electron chi connectivity index (χ1n) is 7.10. The quantitative estimate of drug-likeness (QED) is 0.896. The number of sulfonamides is 1. The van der Waals surface area contributed by atoms with Gasteiger partial charge in [0.15, 0.2) is 0 Å². The lowest BCUT2D eigenvalue weighted by atomic mass is 9.95. The molecule has 0 aromatic carbocycles. The summed E-state index contributed by atoms with van der Waals surface area (Å²) in [6.45, 7) is 8.75. The van der Waals surface area contributed by atoms with Crippen LogP contribution in [0, 0.1) is 5.92 Å². The van der Waals surface area contributed by atoms with E-state index in [1.54, 1.807) is 6.07 Å². The largest absolute Gasteiger partial charge is 0.316 e. The van der Waals surface area contributed by atoms with Gasteiger partial charge in [-0.2, -0.15) is 0 Å². The van der Waals surface area contributed by atoms with E-state index in [1.165, 1.54) is 11.3 Å². The molecule has 1 aliphatic rings. The molecular formula is C14H24N2O2S2. The number of rotatable bonds is 4. The molecule has 0 radical (unpaired) electrons.